The van der Waals surface area contributed by atoms with E-state index in [-0.39, 0.29) is 5.91 Å². The number of rotatable bonds is 5. The van der Waals surface area contributed by atoms with Gasteiger partial charge in [-0.05, 0) is 42.0 Å². The molecular weight excluding hydrogens is 288 g/mol. The number of hydrogen-bond donors (Lipinski definition) is 1. The maximum Gasteiger partial charge on any atom is 0.272 e. The van der Waals surface area contributed by atoms with Crippen LogP contribution in [-0.2, 0) is 13.7 Å². The van der Waals surface area contributed by atoms with Crippen LogP contribution in [0, 0.1) is 0 Å². The molecule has 1 heterocycles. The van der Waals surface area contributed by atoms with E-state index in [0.717, 1.165) is 17.0 Å². The number of anilines is 1. The molecule has 0 bridgehead atoms. The lowest BCUT2D eigenvalue weighted by atomic mass is 10.2. The van der Waals surface area contributed by atoms with Crippen LogP contribution in [0.3, 0.4) is 0 Å². The van der Waals surface area contributed by atoms with Crippen molar-refractivity contribution in [1.82, 2.24) is 4.57 Å². The molecule has 0 aliphatic carbocycles. The quantitative estimate of drug-likeness (QED) is 0.778. The van der Waals surface area contributed by atoms with Crippen LogP contribution in [0.4, 0.5) is 5.69 Å². The zero-order valence-corrected chi connectivity index (χ0v) is 12.9. The Bertz CT molecular complexity index is 777. The molecular formula is C19H18N2O2. The third-order valence-electron chi connectivity index (χ3n) is 3.54. The Hall–Kier alpha value is -3.01. The minimum absolute atomic E-state index is 0.129. The molecule has 0 radical (unpaired) electrons. The number of benzene rings is 2. The maximum absolute atomic E-state index is 12.1. The number of carbonyl (C=O) groups is 1. The minimum atomic E-state index is -0.129. The lowest BCUT2D eigenvalue weighted by Gasteiger charge is -2.09. The first-order chi connectivity index (χ1) is 11.2. The highest BCUT2D eigenvalue weighted by molar-refractivity contribution is 6.03. The summed E-state index contributed by atoms with van der Waals surface area (Å²) in [6.07, 6.45) is 1.84. The largest absolute Gasteiger partial charge is 0.489 e. The molecule has 23 heavy (non-hydrogen) atoms. The first-order valence-corrected chi connectivity index (χ1v) is 7.42. The monoisotopic (exact) mass is 306 g/mol. The van der Waals surface area contributed by atoms with E-state index in [2.05, 4.69) is 5.32 Å². The molecule has 1 amide bonds. The van der Waals surface area contributed by atoms with Gasteiger partial charge >= 0.3 is 0 Å². The van der Waals surface area contributed by atoms with Crippen molar-refractivity contribution in [3.8, 4) is 5.75 Å². The molecule has 0 fully saturated rings. The number of aryl methyl sites for hydroxylation is 1. The van der Waals surface area contributed by atoms with Gasteiger partial charge in [0.2, 0.25) is 0 Å². The van der Waals surface area contributed by atoms with Crippen LogP contribution in [0.15, 0.2) is 72.9 Å². The number of hydrogen-bond acceptors (Lipinski definition) is 2. The molecule has 4 heteroatoms. The van der Waals surface area contributed by atoms with Crippen LogP contribution in [0.1, 0.15) is 16.1 Å². The number of aromatic nitrogens is 1. The lowest BCUT2D eigenvalue weighted by molar-refractivity contribution is 0.101. The molecule has 1 N–H and O–H groups in total. The highest BCUT2D eigenvalue weighted by atomic mass is 16.5. The van der Waals surface area contributed by atoms with Gasteiger partial charge in [-0.25, -0.2) is 0 Å². The van der Waals surface area contributed by atoms with Crippen molar-refractivity contribution in [2.45, 2.75) is 6.61 Å². The predicted octanol–water partition coefficient (Wildman–Crippen LogP) is 3.86. The van der Waals surface area contributed by atoms with Gasteiger partial charge < -0.3 is 14.6 Å². The molecule has 0 aliphatic heterocycles. The molecule has 4 nitrogen and oxygen atoms in total. The lowest BCUT2D eigenvalue weighted by Crippen LogP contribution is -2.15. The van der Waals surface area contributed by atoms with Gasteiger partial charge in [0.1, 0.15) is 18.1 Å². The van der Waals surface area contributed by atoms with Crippen molar-refractivity contribution in [2.24, 2.45) is 7.05 Å². The van der Waals surface area contributed by atoms with E-state index in [1.165, 1.54) is 0 Å². The van der Waals surface area contributed by atoms with Gasteiger partial charge in [-0.15, -0.1) is 0 Å². The maximum atomic E-state index is 12.1. The van der Waals surface area contributed by atoms with E-state index in [0.29, 0.717) is 12.3 Å². The van der Waals surface area contributed by atoms with Crippen molar-refractivity contribution in [2.75, 3.05) is 5.32 Å². The van der Waals surface area contributed by atoms with Crippen LogP contribution in [0.2, 0.25) is 0 Å². The second-order valence-corrected chi connectivity index (χ2v) is 5.26. The standard InChI is InChI=1S/C19H18N2O2/c1-21-13-5-8-18(21)19(22)20-16-9-11-17(12-10-16)23-14-15-6-3-2-4-7-15/h2-13H,14H2,1H3,(H,20,22). The van der Waals surface area contributed by atoms with E-state index in [9.17, 15) is 4.79 Å². The molecule has 0 saturated carbocycles. The SMILES string of the molecule is Cn1cccc1C(=O)Nc1ccc(OCc2ccccc2)cc1. The second kappa shape index (κ2) is 6.83. The van der Waals surface area contributed by atoms with Crippen LogP contribution in [-0.4, -0.2) is 10.5 Å². The fourth-order valence-electron chi connectivity index (χ4n) is 2.27. The van der Waals surface area contributed by atoms with Gasteiger partial charge in [0.05, 0.1) is 0 Å². The Kier molecular flexibility index (Phi) is 4.43. The van der Waals surface area contributed by atoms with Crippen LogP contribution >= 0.6 is 0 Å². The van der Waals surface area contributed by atoms with E-state index in [1.807, 2.05) is 73.9 Å². The number of nitrogens with zero attached hydrogens (tertiary/aromatic N) is 1. The van der Waals surface area contributed by atoms with Crippen LogP contribution < -0.4 is 10.1 Å². The molecule has 3 aromatic rings. The number of amides is 1. The van der Waals surface area contributed by atoms with Crippen molar-refractivity contribution in [1.29, 1.82) is 0 Å². The van der Waals surface area contributed by atoms with Crippen molar-refractivity contribution in [3.63, 3.8) is 0 Å². The van der Waals surface area contributed by atoms with Crippen LogP contribution in [0.5, 0.6) is 5.75 Å². The highest BCUT2D eigenvalue weighted by Crippen LogP contribution is 2.17. The van der Waals surface area contributed by atoms with Crippen molar-refractivity contribution < 1.29 is 9.53 Å². The zero-order valence-electron chi connectivity index (χ0n) is 12.9. The summed E-state index contributed by atoms with van der Waals surface area (Å²) in [6.45, 7) is 0.524. The Morgan fingerprint density at radius 2 is 1.74 bits per heavy atom. The second-order valence-electron chi connectivity index (χ2n) is 5.26. The number of ether oxygens (including phenoxy) is 1. The number of carbonyl (C=O) groups excluding carboxylic acids is 1. The molecule has 0 unspecified atom stereocenters. The molecule has 0 aliphatic rings. The normalized spacial score (nSPS) is 10.3. The first kappa shape index (κ1) is 14.9. The summed E-state index contributed by atoms with van der Waals surface area (Å²) in [4.78, 5) is 12.1. The molecule has 3 rings (SSSR count). The summed E-state index contributed by atoms with van der Waals surface area (Å²) in [5.41, 5.74) is 2.48. The third-order valence-corrected chi connectivity index (χ3v) is 3.54. The van der Waals surface area contributed by atoms with Gasteiger partial charge in [-0.1, -0.05) is 30.3 Å². The summed E-state index contributed by atoms with van der Waals surface area (Å²) >= 11 is 0. The van der Waals surface area contributed by atoms with Crippen molar-refractivity contribution in [3.05, 3.63) is 84.2 Å². The smallest absolute Gasteiger partial charge is 0.272 e. The van der Waals surface area contributed by atoms with Gasteiger partial charge in [0.15, 0.2) is 0 Å². The topological polar surface area (TPSA) is 43.3 Å². The van der Waals surface area contributed by atoms with Gasteiger partial charge in [0.25, 0.3) is 5.91 Å². The number of nitrogens with one attached hydrogen (secondary N) is 1. The van der Waals surface area contributed by atoms with E-state index >= 15 is 0 Å². The van der Waals surface area contributed by atoms with Crippen LogP contribution in [0.25, 0.3) is 0 Å². The Balaban J connectivity index is 1.59. The molecule has 116 valence electrons. The summed E-state index contributed by atoms with van der Waals surface area (Å²) in [6, 6.07) is 21.0. The highest BCUT2D eigenvalue weighted by Gasteiger charge is 2.08. The summed E-state index contributed by atoms with van der Waals surface area (Å²) in [5.74, 6) is 0.640. The summed E-state index contributed by atoms with van der Waals surface area (Å²) < 4.78 is 7.51. The molecule has 0 atom stereocenters. The Morgan fingerprint density at radius 1 is 1.00 bits per heavy atom. The van der Waals surface area contributed by atoms with Gasteiger partial charge in [0, 0.05) is 18.9 Å². The fraction of sp³-hybridized carbons (Fsp3) is 0.105. The van der Waals surface area contributed by atoms with Gasteiger partial charge in [-0.2, -0.15) is 0 Å². The molecule has 2 aromatic carbocycles. The van der Waals surface area contributed by atoms with E-state index in [1.54, 1.807) is 10.6 Å². The molecule has 1 aromatic heterocycles. The average Bonchev–Trinajstić information content (AvgIpc) is 3.01. The third kappa shape index (κ3) is 3.80. The zero-order chi connectivity index (χ0) is 16.1. The minimum Gasteiger partial charge on any atom is -0.489 e. The predicted molar refractivity (Wildman–Crippen MR) is 90.6 cm³/mol. The summed E-state index contributed by atoms with van der Waals surface area (Å²) in [5, 5.41) is 2.87. The fourth-order valence-corrected chi connectivity index (χ4v) is 2.27. The first-order valence-electron chi connectivity index (χ1n) is 7.42. The van der Waals surface area contributed by atoms with E-state index < -0.39 is 0 Å². The van der Waals surface area contributed by atoms with Crippen molar-refractivity contribution >= 4 is 11.6 Å². The van der Waals surface area contributed by atoms with Gasteiger partial charge in [-0.3, -0.25) is 4.79 Å². The molecule has 0 saturated heterocycles. The average molecular weight is 306 g/mol. The summed E-state index contributed by atoms with van der Waals surface area (Å²) in [7, 11) is 1.84. The Morgan fingerprint density at radius 3 is 2.39 bits per heavy atom. The molecule has 0 spiro atoms. The van der Waals surface area contributed by atoms with E-state index in [4.69, 9.17) is 4.74 Å². The Labute approximate surface area is 135 Å².